The van der Waals surface area contributed by atoms with Crippen LogP contribution in [0.15, 0.2) is 18.2 Å². The van der Waals surface area contributed by atoms with Crippen molar-refractivity contribution in [1.82, 2.24) is 0 Å². The van der Waals surface area contributed by atoms with Crippen LogP contribution in [0, 0.1) is 5.92 Å². The lowest BCUT2D eigenvalue weighted by atomic mass is 9.97. The molecule has 0 nitrogen and oxygen atoms in total. The van der Waals surface area contributed by atoms with Gasteiger partial charge in [-0.2, -0.15) is 0 Å². The van der Waals surface area contributed by atoms with Crippen molar-refractivity contribution in [2.75, 3.05) is 0 Å². The number of alkyl halides is 1. The summed E-state index contributed by atoms with van der Waals surface area (Å²) in [5.41, 5.74) is 1.14. The fourth-order valence-electron chi connectivity index (χ4n) is 1.71. The fraction of sp³-hybridized carbons (Fsp3) is 0.500. The Kier molecular flexibility index (Phi) is 5.45. The van der Waals surface area contributed by atoms with Crippen LogP contribution in [0.3, 0.4) is 0 Å². The van der Waals surface area contributed by atoms with Gasteiger partial charge in [0.05, 0.1) is 0 Å². The third-order valence-electron chi connectivity index (χ3n) is 2.30. The lowest BCUT2D eigenvalue weighted by Gasteiger charge is -2.14. The van der Waals surface area contributed by atoms with Gasteiger partial charge in [0.1, 0.15) is 0 Å². The molecule has 0 heterocycles. The van der Waals surface area contributed by atoms with E-state index in [1.807, 2.05) is 18.2 Å². The van der Waals surface area contributed by atoms with Crippen LogP contribution in [-0.2, 0) is 6.42 Å². The monoisotopic (exact) mass is 308 g/mol. The van der Waals surface area contributed by atoms with Crippen LogP contribution in [0.4, 0.5) is 0 Å². The summed E-state index contributed by atoms with van der Waals surface area (Å²) >= 11 is 15.6. The minimum absolute atomic E-state index is 0.547. The molecule has 1 aromatic rings. The van der Waals surface area contributed by atoms with Gasteiger partial charge in [0.15, 0.2) is 0 Å². The van der Waals surface area contributed by atoms with Crippen LogP contribution in [0.1, 0.15) is 25.8 Å². The molecule has 15 heavy (non-hydrogen) atoms. The fourth-order valence-corrected chi connectivity index (χ4v) is 2.74. The van der Waals surface area contributed by atoms with E-state index in [2.05, 4.69) is 29.8 Å². The summed E-state index contributed by atoms with van der Waals surface area (Å²) in [4.78, 5) is 0.547. The Balaban J connectivity index is 2.67. The van der Waals surface area contributed by atoms with Crippen LogP contribution in [0.5, 0.6) is 0 Å². The minimum atomic E-state index is 0.547. The van der Waals surface area contributed by atoms with Crippen molar-refractivity contribution < 1.29 is 0 Å². The normalized spacial score (nSPS) is 15.0. The topological polar surface area (TPSA) is 0 Å². The third kappa shape index (κ3) is 4.76. The van der Waals surface area contributed by atoms with E-state index in [4.69, 9.17) is 23.2 Å². The van der Waals surface area contributed by atoms with Gasteiger partial charge in [-0.1, -0.05) is 53.0 Å². The van der Waals surface area contributed by atoms with Crippen molar-refractivity contribution in [1.29, 1.82) is 0 Å². The molecule has 0 fully saturated rings. The molecule has 3 heteroatoms. The molecule has 0 saturated heterocycles. The highest BCUT2D eigenvalue weighted by Gasteiger charge is 2.09. The number of hydrogen-bond acceptors (Lipinski definition) is 0. The average molecular weight is 310 g/mol. The molecule has 2 unspecified atom stereocenters. The van der Waals surface area contributed by atoms with Crippen molar-refractivity contribution in [2.45, 2.75) is 31.5 Å². The van der Waals surface area contributed by atoms with Crippen LogP contribution < -0.4 is 0 Å². The molecule has 0 spiro atoms. The summed E-state index contributed by atoms with van der Waals surface area (Å²) in [5, 5.41) is 1.57. The Morgan fingerprint density at radius 3 is 2.53 bits per heavy atom. The molecule has 0 aliphatic carbocycles. The van der Waals surface area contributed by atoms with Crippen LogP contribution in [0.2, 0.25) is 10.0 Å². The Morgan fingerprint density at radius 2 is 1.93 bits per heavy atom. The first-order valence-corrected chi connectivity index (χ1v) is 6.74. The van der Waals surface area contributed by atoms with Gasteiger partial charge >= 0.3 is 0 Å². The van der Waals surface area contributed by atoms with Gasteiger partial charge in [-0.15, -0.1) is 0 Å². The maximum Gasteiger partial charge on any atom is 0.0439 e. The zero-order chi connectivity index (χ0) is 11.4. The van der Waals surface area contributed by atoms with Crippen LogP contribution >= 0.6 is 39.1 Å². The summed E-state index contributed by atoms with van der Waals surface area (Å²) < 4.78 is 0. The second-order valence-corrected chi connectivity index (χ2v) is 6.47. The first-order chi connectivity index (χ1) is 6.99. The van der Waals surface area contributed by atoms with E-state index in [1.54, 1.807) is 0 Å². The van der Waals surface area contributed by atoms with E-state index in [0.29, 0.717) is 10.7 Å². The molecule has 0 radical (unpaired) electrons. The van der Waals surface area contributed by atoms with E-state index in [9.17, 15) is 0 Å². The number of hydrogen-bond donors (Lipinski definition) is 0. The standard InChI is InChI=1S/C12H15BrCl2/c1-8(5-9(2)13)6-10-7-11(14)3-4-12(10)15/h3-4,7-9H,5-6H2,1-2H3. The zero-order valence-corrected chi connectivity index (χ0v) is 12.0. The number of halogens is 3. The van der Waals surface area contributed by atoms with E-state index >= 15 is 0 Å². The number of rotatable bonds is 4. The van der Waals surface area contributed by atoms with Crippen molar-refractivity contribution >= 4 is 39.1 Å². The van der Waals surface area contributed by atoms with Gasteiger partial charge < -0.3 is 0 Å². The highest BCUT2D eigenvalue weighted by Crippen LogP contribution is 2.25. The first kappa shape index (κ1) is 13.3. The summed E-state index contributed by atoms with van der Waals surface area (Å²) in [5.74, 6) is 0.607. The Bertz CT molecular complexity index is 323. The molecular weight excluding hydrogens is 295 g/mol. The van der Waals surface area contributed by atoms with Gasteiger partial charge in [0.2, 0.25) is 0 Å². The number of benzene rings is 1. The quantitative estimate of drug-likeness (QED) is 0.658. The van der Waals surface area contributed by atoms with Crippen molar-refractivity contribution in [3.8, 4) is 0 Å². The van der Waals surface area contributed by atoms with E-state index in [-0.39, 0.29) is 0 Å². The zero-order valence-electron chi connectivity index (χ0n) is 8.93. The summed E-state index contributed by atoms with van der Waals surface area (Å²) in [6.45, 7) is 4.39. The molecule has 1 rings (SSSR count). The summed E-state index contributed by atoms with van der Waals surface area (Å²) in [6, 6.07) is 5.65. The van der Waals surface area contributed by atoms with E-state index in [0.717, 1.165) is 28.5 Å². The second kappa shape index (κ2) is 6.12. The molecule has 84 valence electrons. The van der Waals surface area contributed by atoms with Gasteiger partial charge in [-0.3, -0.25) is 0 Å². The molecule has 0 aliphatic heterocycles. The lowest BCUT2D eigenvalue weighted by molar-refractivity contribution is 0.533. The molecular formula is C12H15BrCl2. The van der Waals surface area contributed by atoms with E-state index in [1.165, 1.54) is 0 Å². The maximum atomic E-state index is 6.11. The van der Waals surface area contributed by atoms with Gasteiger partial charge in [0, 0.05) is 14.9 Å². The van der Waals surface area contributed by atoms with Gasteiger partial charge in [0.25, 0.3) is 0 Å². The van der Waals surface area contributed by atoms with Gasteiger partial charge in [-0.05, 0) is 42.5 Å². The minimum Gasteiger partial charge on any atom is -0.0894 e. The SMILES string of the molecule is CC(Br)CC(C)Cc1cc(Cl)ccc1Cl. The Morgan fingerprint density at radius 1 is 1.27 bits per heavy atom. The lowest BCUT2D eigenvalue weighted by Crippen LogP contribution is -2.05. The first-order valence-electron chi connectivity index (χ1n) is 5.07. The highest BCUT2D eigenvalue weighted by molar-refractivity contribution is 9.09. The molecule has 1 aromatic carbocycles. The second-order valence-electron chi connectivity index (χ2n) is 4.06. The van der Waals surface area contributed by atoms with Crippen LogP contribution in [0.25, 0.3) is 0 Å². The molecule has 0 bridgehead atoms. The maximum absolute atomic E-state index is 6.11. The molecule has 0 amide bonds. The van der Waals surface area contributed by atoms with Crippen molar-refractivity contribution in [2.24, 2.45) is 5.92 Å². The van der Waals surface area contributed by atoms with Crippen LogP contribution in [-0.4, -0.2) is 4.83 Å². The molecule has 0 aliphatic rings. The predicted octanol–water partition coefficient (Wildman–Crippen LogP) is 5.35. The van der Waals surface area contributed by atoms with Gasteiger partial charge in [-0.25, -0.2) is 0 Å². The Hall–Kier alpha value is 0.280. The van der Waals surface area contributed by atoms with Crippen molar-refractivity contribution in [3.63, 3.8) is 0 Å². The molecule has 0 N–H and O–H groups in total. The van der Waals surface area contributed by atoms with Crippen molar-refractivity contribution in [3.05, 3.63) is 33.8 Å². The summed E-state index contributed by atoms with van der Waals surface area (Å²) in [7, 11) is 0. The Labute approximate surface area is 110 Å². The molecule has 0 aromatic heterocycles. The van der Waals surface area contributed by atoms with E-state index < -0.39 is 0 Å². The summed E-state index contributed by atoms with van der Waals surface area (Å²) in [6.07, 6.45) is 2.12. The average Bonchev–Trinajstić information content (AvgIpc) is 2.10. The largest absolute Gasteiger partial charge is 0.0894 e. The molecule has 2 atom stereocenters. The predicted molar refractivity (Wildman–Crippen MR) is 72.3 cm³/mol. The third-order valence-corrected chi connectivity index (χ3v) is 3.28. The highest BCUT2D eigenvalue weighted by atomic mass is 79.9. The smallest absolute Gasteiger partial charge is 0.0439 e. The molecule has 0 saturated carbocycles.